The lowest BCUT2D eigenvalue weighted by molar-refractivity contribution is -0.124. The highest BCUT2D eigenvalue weighted by molar-refractivity contribution is 6.75. The summed E-state index contributed by atoms with van der Waals surface area (Å²) < 4.78 is 10.9. The maximum Gasteiger partial charge on any atom is 0.339 e. The quantitative estimate of drug-likeness (QED) is 0.593. The van der Waals surface area contributed by atoms with Gasteiger partial charge < -0.3 is 9.16 Å². The molecule has 0 aliphatic carbocycles. The second kappa shape index (κ2) is 7.30. The van der Waals surface area contributed by atoms with Gasteiger partial charge in [0.05, 0.1) is 11.1 Å². The Kier molecular flexibility index (Phi) is 6.11. The van der Waals surface area contributed by atoms with Gasteiger partial charge in [-0.1, -0.05) is 32.9 Å². The first-order chi connectivity index (χ1) is 10.9. The van der Waals surface area contributed by atoms with Crippen molar-refractivity contribution < 1.29 is 23.5 Å². The number of rotatable bonds is 5. The maximum atomic E-state index is 12.6. The van der Waals surface area contributed by atoms with Crippen LogP contribution in [0.5, 0.6) is 0 Å². The van der Waals surface area contributed by atoms with Gasteiger partial charge in [-0.2, -0.15) is 0 Å². The summed E-state index contributed by atoms with van der Waals surface area (Å²) in [6.45, 7) is 12.9. The number of ketones is 1. The van der Waals surface area contributed by atoms with Crippen LogP contribution in [0.15, 0.2) is 24.3 Å². The topological polar surface area (TPSA) is 69.7 Å². The van der Waals surface area contributed by atoms with Crippen LogP contribution in [0.25, 0.3) is 0 Å². The molecule has 0 saturated heterocycles. The van der Waals surface area contributed by atoms with Crippen LogP contribution in [0.2, 0.25) is 18.1 Å². The number of esters is 1. The Morgan fingerprint density at radius 1 is 1.00 bits per heavy atom. The van der Waals surface area contributed by atoms with Gasteiger partial charge in [0.1, 0.15) is 0 Å². The van der Waals surface area contributed by atoms with E-state index in [9.17, 15) is 14.4 Å². The average molecular weight is 350 g/mol. The Morgan fingerprint density at radius 3 is 1.88 bits per heavy atom. The van der Waals surface area contributed by atoms with Gasteiger partial charge in [-0.05, 0) is 44.1 Å². The summed E-state index contributed by atoms with van der Waals surface area (Å²) in [5.41, 5.74) is 0.261. The lowest BCUT2D eigenvalue weighted by Gasteiger charge is -2.35. The third kappa shape index (κ3) is 4.77. The van der Waals surface area contributed by atoms with Crippen molar-refractivity contribution in [2.75, 3.05) is 0 Å². The molecule has 0 aromatic heterocycles. The van der Waals surface area contributed by atoms with Gasteiger partial charge in [-0.3, -0.25) is 4.79 Å². The lowest BCUT2D eigenvalue weighted by atomic mass is 10.1. The van der Waals surface area contributed by atoms with Gasteiger partial charge in [0.25, 0.3) is 8.32 Å². The predicted octanol–water partition coefficient (Wildman–Crippen LogP) is 3.98. The van der Waals surface area contributed by atoms with E-state index < -0.39 is 26.4 Å². The van der Waals surface area contributed by atoms with Crippen LogP contribution in [0.3, 0.4) is 0 Å². The third-order valence-electron chi connectivity index (χ3n) is 4.38. The van der Waals surface area contributed by atoms with Crippen LogP contribution < -0.4 is 0 Å². The highest BCUT2D eigenvalue weighted by Gasteiger charge is 2.41. The normalized spacial score (nSPS) is 13.1. The number of Topliss-reactive ketones (excluding diaryl/α,β-unsaturated/α-hetero) is 1. The minimum absolute atomic E-state index is 0.106. The lowest BCUT2D eigenvalue weighted by Crippen LogP contribution is -2.42. The van der Waals surface area contributed by atoms with Gasteiger partial charge in [0, 0.05) is 0 Å². The molecule has 0 heterocycles. The van der Waals surface area contributed by atoms with Crippen molar-refractivity contribution in [3.05, 3.63) is 35.4 Å². The molecule has 1 rings (SSSR count). The molecule has 0 N–H and O–H groups in total. The fraction of sp³-hybridized carbons (Fsp3) is 0.500. The van der Waals surface area contributed by atoms with Gasteiger partial charge >= 0.3 is 11.9 Å². The van der Waals surface area contributed by atoms with Crippen LogP contribution >= 0.6 is 0 Å². The van der Waals surface area contributed by atoms with Crippen molar-refractivity contribution in [1.82, 2.24) is 0 Å². The molecule has 1 aromatic rings. The SMILES string of the molecule is CC(=O)C(C)OC(=O)c1ccccc1C(=O)O[Si](C)(C)C(C)(C)C. The monoisotopic (exact) mass is 350 g/mol. The van der Waals surface area contributed by atoms with Gasteiger partial charge in [-0.15, -0.1) is 0 Å². The zero-order valence-electron chi connectivity index (χ0n) is 15.4. The van der Waals surface area contributed by atoms with E-state index >= 15 is 0 Å². The molecule has 132 valence electrons. The van der Waals surface area contributed by atoms with Gasteiger partial charge in [-0.25, -0.2) is 9.59 Å². The summed E-state index contributed by atoms with van der Waals surface area (Å²) in [6.07, 6.45) is -0.859. The zero-order valence-corrected chi connectivity index (χ0v) is 16.4. The molecule has 1 unspecified atom stereocenters. The van der Waals surface area contributed by atoms with E-state index in [1.165, 1.54) is 26.0 Å². The number of ether oxygens (including phenoxy) is 1. The van der Waals surface area contributed by atoms with Crippen LogP contribution in [-0.4, -0.2) is 32.1 Å². The van der Waals surface area contributed by atoms with E-state index in [-0.39, 0.29) is 21.9 Å². The molecule has 0 amide bonds. The van der Waals surface area contributed by atoms with Gasteiger partial charge in [0.2, 0.25) is 0 Å². The Labute approximate surface area is 144 Å². The first-order valence-electron chi connectivity index (χ1n) is 7.90. The van der Waals surface area contributed by atoms with Crippen LogP contribution in [0.4, 0.5) is 0 Å². The Balaban J connectivity index is 3.08. The van der Waals surface area contributed by atoms with E-state index in [2.05, 4.69) is 0 Å². The standard InChI is InChI=1S/C18H26O5Si/c1-12(19)13(2)22-16(20)14-10-8-9-11-15(14)17(21)23-24(6,7)18(3,4)5/h8-11,13H,1-7H3. The molecule has 1 aromatic carbocycles. The molecule has 0 aliphatic heterocycles. The maximum absolute atomic E-state index is 12.6. The average Bonchev–Trinajstić information content (AvgIpc) is 2.45. The molecule has 6 heteroatoms. The Bertz CT molecular complexity index is 643. The van der Waals surface area contributed by atoms with E-state index in [1.54, 1.807) is 12.1 Å². The highest BCUT2D eigenvalue weighted by Crippen LogP contribution is 2.37. The summed E-state index contributed by atoms with van der Waals surface area (Å²) in [4.78, 5) is 36.1. The summed E-state index contributed by atoms with van der Waals surface area (Å²) in [5.74, 6) is -1.50. The first-order valence-corrected chi connectivity index (χ1v) is 10.8. The molecule has 0 bridgehead atoms. The van der Waals surface area contributed by atoms with Crippen molar-refractivity contribution in [2.24, 2.45) is 0 Å². The van der Waals surface area contributed by atoms with Crippen molar-refractivity contribution in [3.8, 4) is 0 Å². The number of hydrogen-bond acceptors (Lipinski definition) is 5. The minimum atomic E-state index is -2.31. The molecule has 0 saturated carbocycles. The molecular formula is C18H26O5Si. The van der Waals surface area contributed by atoms with Crippen molar-refractivity contribution in [1.29, 1.82) is 0 Å². The first kappa shape index (κ1) is 20.1. The van der Waals surface area contributed by atoms with Crippen molar-refractivity contribution in [3.63, 3.8) is 0 Å². The third-order valence-corrected chi connectivity index (χ3v) is 8.69. The Hall–Kier alpha value is -1.95. The zero-order chi connectivity index (χ0) is 18.7. The van der Waals surface area contributed by atoms with Crippen LogP contribution in [0, 0.1) is 0 Å². The molecule has 0 aliphatic rings. The molecule has 5 nitrogen and oxygen atoms in total. The van der Waals surface area contributed by atoms with Crippen molar-refractivity contribution in [2.45, 2.75) is 58.9 Å². The molecule has 24 heavy (non-hydrogen) atoms. The summed E-state index contributed by atoms with van der Waals surface area (Å²) >= 11 is 0. The number of benzene rings is 1. The number of hydrogen-bond donors (Lipinski definition) is 0. The van der Waals surface area contributed by atoms with E-state index in [1.807, 2.05) is 33.9 Å². The smallest absolute Gasteiger partial charge is 0.339 e. The largest absolute Gasteiger partial charge is 0.516 e. The van der Waals surface area contributed by atoms with Gasteiger partial charge in [0.15, 0.2) is 11.9 Å². The molecule has 0 fully saturated rings. The summed E-state index contributed by atoms with van der Waals surface area (Å²) in [6, 6.07) is 6.33. The van der Waals surface area contributed by atoms with Crippen molar-refractivity contribution >= 4 is 26.0 Å². The number of carbonyl (C=O) groups excluding carboxylic acids is 3. The Morgan fingerprint density at radius 2 is 1.46 bits per heavy atom. The summed E-state index contributed by atoms with van der Waals surface area (Å²) in [5, 5.41) is -0.138. The van der Waals surface area contributed by atoms with E-state index in [0.717, 1.165) is 0 Å². The molecule has 0 radical (unpaired) electrons. The van der Waals surface area contributed by atoms with Crippen LogP contribution in [0.1, 0.15) is 55.3 Å². The second-order valence-electron chi connectivity index (χ2n) is 7.35. The molecule has 0 spiro atoms. The molecule has 1 atom stereocenters. The molecular weight excluding hydrogens is 324 g/mol. The van der Waals surface area contributed by atoms with E-state index in [0.29, 0.717) is 0 Å². The fourth-order valence-corrected chi connectivity index (χ4v) is 2.47. The minimum Gasteiger partial charge on any atom is -0.516 e. The fourth-order valence-electron chi connectivity index (χ4n) is 1.59. The van der Waals surface area contributed by atoms with Crippen LogP contribution in [-0.2, 0) is 14.0 Å². The van der Waals surface area contributed by atoms with E-state index in [4.69, 9.17) is 9.16 Å². The number of carbonyl (C=O) groups is 3. The predicted molar refractivity (Wildman–Crippen MR) is 94.6 cm³/mol. The second-order valence-corrected chi connectivity index (χ2v) is 12.1. The summed E-state index contributed by atoms with van der Waals surface area (Å²) in [7, 11) is -2.31. The highest BCUT2D eigenvalue weighted by atomic mass is 28.4.